The summed E-state index contributed by atoms with van der Waals surface area (Å²) in [6.07, 6.45) is 0. The van der Waals surface area contributed by atoms with Gasteiger partial charge >= 0.3 is 0 Å². The molecular weight excluding hydrogens is 609 g/mol. The molecule has 0 aliphatic rings. The minimum absolute atomic E-state index is 0.672. The van der Waals surface area contributed by atoms with E-state index in [1.54, 1.807) is 0 Å². The number of benzene rings is 8. The zero-order chi connectivity index (χ0) is 32.5. The molecule has 0 saturated heterocycles. The molecule has 12 aromatic rings. The van der Waals surface area contributed by atoms with Gasteiger partial charge in [-0.3, -0.25) is 4.57 Å². The summed E-state index contributed by atoms with van der Waals surface area (Å²) < 4.78 is 4.82. The van der Waals surface area contributed by atoms with Gasteiger partial charge in [0.15, 0.2) is 0 Å². The Kier molecular flexibility index (Phi) is 4.94. The van der Waals surface area contributed by atoms with Crippen LogP contribution in [0.3, 0.4) is 0 Å². The molecule has 0 amide bonds. The Morgan fingerprint density at radius 1 is 0.380 bits per heavy atom. The Balaban J connectivity index is 1.31. The molecule has 4 nitrogen and oxygen atoms in total. The molecule has 4 heteroatoms. The normalized spacial score (nSPS) is 12.4. The van der Waals surface area contributed by atoms with Crippen LogP contribution >= 0.6 is 0 Å². The van der Waals surface area contributed by atoms with Crippen LogP contribution in [-0.4, -0.2) is 18.9 Å². The lowest BCUT2D eigenvalue weighted by Crippen LogP contribution is -2.04. The lowest BCUT2D eigenvalue weighted by atomic mass is 9.99. The van der Waals surface area contributed by atoms with Gasteiger partial charge in [-0.25, -0.2) is 9.97 Å². The number of hydrogen-bond donors (Lipinski definition) is 0. The van der Waals surface area contributed by atoms with Crippen LogP contribution in [0.1, 0.15) is 0 Å². The van der Waals surface area contributed by atoms with E-state index < -0.39 is 0 Å². The van der Waals surface area contributed by atoms with Crippen molar-refractivity contribution in [2.24, 2.45) is 0 Å². The zero-order valence-electron chi connectivity index (χ0n) is 26.8. The molecule has 0 fully saturated rings. The molecular formula is C46H26N4. The molecule has 0 aliphatic carbocycles. The number of rotatable bonds is 2. The van der Waals surface area contributed by atoms with E-state index in [9.17, 15) is 0 Å². The lowest BCUT2D eigenvalue weighted by molar-refractivity contribution is 1.02. The highest BCUT2D eigenvalue weighted by atomic mass is 15.2. The van der Waals surface area contributed by atoms with Crippen LogP contribution in [0.15, 0.2) is 158 Å². The van der Waals surface area contributed by atoms with Crippen molar-refractivity contribution in [2.45, 2.75) is 0 Å². The third-order valence-electron chi connectivity index (χ3n) is 10.8. The summed E-state index contributed by atoms with van der Waals surface area (Å²) >= 11 is 0. The monoisotopic (exact) mass is 634 g/mol. The predicted molar refractivity (Wildman–Crippen MR) is 209 cm³/mol. The van der Waals surface area contributed by atoms with Crippen molar-refractivity contribution in [3.63, 3.8) is 0 Å². The van der Waals surface area contributed by atoms with Crippen LogP contribution in [0.2, 0.25) is 0 Å². The summed E-state index contributed by atoms with van der Waals surface area (Å²) in [6.45, 7) is 0. The van der Waals surface area contributed by atoms with Gasteiger partial charge < -0.3 is 4.40 Å². The Hall–Kier alpha value is -6.78. The molecule has 0 spiro atoms. The number of aromatic nitrogens is 4. The third kappa shape index (κ3) is 3.25. The fourth-order valence-electron chi connectivity index (χ4n) is 8.77. The van der Waals surface area contributed by atoms with E-state index in [1.165, 1.54) is 70.4 Å². The van der Waals surface area contributed by atoms with Crippen LogP contribution in [-0.2, 0) is 0 Å². The fourth-order valence-corrected chi connectivity index (χ4v) is 8.77. The van der Waals surface area contributed by atoms with Crippen molar-refractivity contribution in [1.82, 2.24) is 18.9 Å². The standard InChI is InChI=1S/C46H26N4/c1-3-15-29-27(12-1)14-11-20-32(29)42-34-18-5-8-21-38(34)47-46(48-42)50-39-22-9-6-17-31(39)36-26-37-33-25-24-28-13-2-4-16-30(28)43(33)49-40-23-10-7-19-35(40)41(44(37)49)45(36)50/h1-26H. The molecule has 12 rings (SSSR count). The maximum Gasteiger partial charge on any atom is 0.235 e. The molecule has 0 saturated carbocycles. The molecule has 8 aromatic carbocycles. The second-order valence-electron chi connectivity index (χ2n) is 13.3. The smallest absolute Gasteiger partial charge is 0.235 e. The van der Waals surface area contributed by atoms with Crippen molar-refractivity contribution in [3.05, 3.63) is 158 Å². The first-order valence-corrected chi connectivity index (χ1v) is 17.1. The van der Waals surface area contributed by atoms with E-state index in [-0.39, 0.29) is 0 Å². The largest absolute Gasteiger partial charge is 0.307 e. The molecule has 0 atom stereocenters. The summed E-state index contributed by atoms with van der Waals surface area (Å²) in [5.41, 5.74) is 8.90. The summed E-state index contributed by atoms with van der Waals surface area (Å²) in [7, 11) is 0. The highest BCUT2D eigenvalue weighted by Gasteiger charge is 2.26. The molecule has 0 unspecified atom stereocenters. The summed E-state index contributed by atoms with van der Waals surface area (Å²) in [5, 5.41) is 13.3. The first kappa shape index (κ1) is 26.2. The zero-order valence-corrected chi connectivity index (χ0v) is 26.8. The quantitative estimate of drug-likeness (QED) is 0.190. The van der Waals surface area contributed by atoms with Gasteiger partial charge in [-0.2, -0.15) is 0 Å². The Labute approximate surface area is 285 Å². The summed E-state index contributed by atoms with van der Waals surface area (Å²) in [5.74, 6) is 0.672. The van der Waals surface area contributed by atoms with E-state index in [1.807, 2.05) is 0 Å². The number of para-hydroxylation sites is 3. The molecule has 230 valence electrons. The van der Waals surface area contributed by atoms with Gasteiger partial charge in [-0.1, -0.05) is 133 Å². The first-order valence-electron chi connectivity index (χ1n) is 17.1. The minimum atomic E-state index is 0.672. The van der Waals surface area contributed by atoms with Gasteiger partial charge in [0.2, 0.25) is 5.95 Å². The molecule has 0 aliphatic heterocycles. The first-order chi connectivity index (χ1) is 24.8. The SMILES string of the molecule is c1ccc2c(-c3nc(-n4c5ccccc5c5cc6c7ccc8ccccc8c7n7c8ccccc8c(c54)c67)nc4ccccc34)cccc2c1. The van der Waals surface area contributed by atoms with Gasteiger partial charge in [-0.05, 0) is 40.4 Å². The number of fused-ring (bicyclic) bond motifs is 14. The third-order valence-corrected chi connectivity index (χ3v) is 10.8. The van der Waals surface area contributed by atoms with Crippen molar-refractivity contribution in [3.8, 4) is 17.2 Å². The van der Waals surface area contributed by atoms with Crippen molar-refractivity contribution in [1.29, 1.82) is 0 Å². The van der Waals surface area contributed by atoms with Gasteiger partial charge in [0.05, 0.1) is 38.8 Å². The van der Waals surface area contributed by atoms with Crippen molar-refractivity contribution >= 4 is 92.3 Å². The van der Waals surface area contributed by atoms with Crippen LogP contribution in [0.4, 0.5) is 0 Å². The second kappa shape index (κ2) is 9.43. The van der Waals surface area contributed by atoms with Gasteiger partial charge in [0.25, 0.3) is 0 Å². The van der Waals surface area contributed by atoms with E-state index in [4.69, 9.17) is 9.97 Å². The topological polar surface area (TPSA) is 35.1 Å². The molecule has 0 radical (unpaired) electrons. The second-order valence-corrected chi connectivity index (χ2v) is 13.3. The maximum absolute atomic E-state index is 5.52. The van der Waals surface area contributed by atoms with Crippen molar-refractivity contribution in [2.75, 3.05) is 0 Å². The summed E-state index contributed by atoms with van der Waals surface area (Å²) in [4.78, 5) is 10.9. The number of nitrogens with zero attached hydrogens (tertiary/aromatic N) is 4. The van der Waals surface area contributed by atoms with E-state index in [2.05, 4.69) is 167 Å². The van der Waals surface area contributed by atoms with Gasteiger partial charge in [0.1, 0.15) is 0 Å². The van der Waals surface area contributed by atoms with Crippen molar-refractivity contribution < 1.29 is 0 Å². The molecule has 50 heavy (non-hydrogen) atoms. The number of hydrogen-bond acceptors (Lipinski definition) is 2. The Morgan fingerprint density at radius 3 is 1.88 bits per heavy atom. The Bertz CT molecular complexity index is 3380. The van der Waals surface area contributed by atoms with E-state index >= 15 is 0 Å². The van der Waals surface area contributed by atoms with Gasteiger partial charge in [0, 0.05) is 48.7 Å². The Morgan fingerprint density at radius 2 is 1.02 bits per heavy atom. The minimum Gasteiger partial charge on any atom is -0.307 e. The molecule has 4 aromatic heterocycles. The fraction of sp³-hybridized carbons (Fsp3) is 0. The highest BCUT2D eigenvalue weighted by Crippen LogP contribution is 2.47. The molecule has 4 heterocycles. The molecule has 0 N–H and O–H groups in total. The van der Waals surface area contributed by atoms with Gasteiger partial charge in [-0.15, -0.1) is 0 Å². The van der Waals surface area contributed by atoms with E-state index in [0.29, 0.717) is 5.95 Å². The summed E-state index contributed by atoms with van der Waals surface area (Å²) in [6, 6.07) is 56.8. The van der Waals surface area contributed by atoms with Crippen LogP contribution in [0.5, 0.6) is 0 Å². The predicted octanol–water partition coefficient (Wildman–Crippen LogP) is 11.9. The average Bonchev–Trinajstić information content (AvgIpc) is 3.82. The lowest BCUT2D eigenvalue weighted by Gasteiger charge is -2.13. The van der Waals surface area contributed by atoms with Crippen LogP contribution < -0.4 is 0 Å². The maximum atomic E-state index is 5.52. The average molecular weight is 635 g/mol. The van der Waals surface area contributed by atoms with Crippen LogP contribution in [0.25, 0.3) is 110 Å². The van der Waals surface area contributed by atoms with Crippen LogP contribution in [0, 0.1) is 0 Å². The molecule has 0 bridgehead atoms. The van der Waals surface area contributed by atoms with E-state index in [0.717, 1.165) is 33.2 Å². The highest BCUT2D eigenvalue weighted by molar-refractivity contribution is 6.35.